The Bertz CT molecular complexity index is 896. The monoisotopic (exact) mass is 429 g/mol. The Morgan fingerprint density at radius 3 is 2.19 bits per heavy atom. The average Bonchev–Trinajstić information content (AvgIpc) is 2.64. The minimum Gasteiger partial charge on any atom is -0.346 e. The fourth-order valence-electron chi connectivity index (χ4n) is 2.64. The topological polar surface area (TPSA) is 52.7 Å². The van der Waals surface area contributed by atoms with Crippen LogP contribution >= 0.6 is 35.4 Å². The van der Waals surface area contributed by atoms with E-state index in [2.05, 4.69) is 5.32 Å². The van der Waals surface area contributed by atoms with E-state index < -0.39 is 10.0 Å². The van der Waals surface area contributed by atoms with Crippen LogP contribution in [0.3, 0.4) is 0 Å². The highest BCUT2D eigenvalue weighted by Gasteiger charge is 2.29. The van der Waals surface area contributed by atoms with Crippen LogP contribution in [0.2, 0.25) is 10.0 Å². The molecule has 1 fully saturated rings. The molecule has 0 saturated carbocycles. The molecule has 0 aromatic heterocycles. The van der Waals surface area contributed by atoms with Crippen molar-refractivity contribution >= 4 is 56.2 Å². The second kappa shape index (κ2) is 8.10. The Kier molecular flexibility index (Phi) is 6.04. The third-order valence-corrected chi connectivity index (χ3v) is 6.95. The van der Waals surface area contributed by atoms with E-state index in [-0.39, 0.29) is 4.90 Å². The van der Waals surface area contributed by atoms with E-state index >= 15 is 0 Å². The lowest BCUT2D eigenvalue weighted by Crippen LogP contribution is -2.51. The van der Waals surface area contributed by atoms with Gasteiger partial charge in [0, 0.05) is 31.2 Å². The normalized spacial score (nSPS) is 15.7. The number of para-hydroxylation sites is 1. The lowest BCUT2D eigenvalue weighted by atomic mass is 10.3. The molecule has 2 aromatic carbocycles. The smallest absolute Gasteiger partial charge is 0.243 e. The maximum atomic E-state index is 12.7. The van der Waals surface area contributed by atoms with Crippen LogP contribution in [0.4, 0.5) is 5.69 Å². The van der Waals surface area contributed by atoms with Crippen molar-refractivity contribution in [3.05, 3.63) is 58.6 Å². The molecule has 5 nitrogen and oxygen atoms in total. The van der Waals surface area contributed by atoms with Gasteiger partial charge in [-0.05, 0) is 48.6 Å². The van der Waals surface area contributed by atoms with Gasteiger partial charge in [0.25, 0.3) is 0 Å². The molecule has 0 bridgehead atoms. The molecule has 1 aliphatic heterocycles. The number of hydrogen-bond donors (Lipinski definition) is 1. The number of sulfonamides is 1. The largest absolute Gasteiger partial charge is 0.346 e. The van der Waals surface area contributed by atoms with Gasteiger partial charge in [0.05, 0.1) is 15.6 Å². The number of thiocarbonyl (C=S) groups is 1. The average molecular weight is 430 g/mol. The summed E-state index contributed by atoms with van der Waals surface area (Å²) in [6.45, 7) is 1.72. The van der Waals surface area contributed by atoms with E-state index in [0.717, 1.165) is 5.69 Å². The van der Waals surface area contributed by atoms with Crippen LogP contribution < -0.4 is 5.32 Å². The Morgan fingerprint density at radius 2 is 1.58 bits per heavy atom. The number of benzene rings is 2. The highest BCUT2D eigenvalue weighted by atomic mass is 35.5. The summed E-state index contributed by atoms with van der Waals surface area (Å²) in [4.78, 5) is 2.18. The minimum absolute atomic E-state index is 0.243. The van der Waals surface area contributed by atoms with Gasteiger partial charge >= 0.3 is 0 Å². The Hall–Kier alpha value is -1.38. The molecule has 0 spiro atoms. The molecule has 1 N–H and O–H groups in total. The molecular formula is C17H17Cl2N3O2S2. The van der Waals surface area contributed by atoms with Crippen LogP contribution in [0, 0.1) is 0 Å². The summed E-state index contributed by atoms with van der Waals surface area (Å²) in [5.41, 5.74) is 0.732. The van der Waals surface area contributed by atoms with Crippen molar-refractivity contribution in [3.8, 4) is 0 Å². The van der Waals surface area contributed by atoms with E-state index in [4.69, 9.17) is 35.4 Å². The number of rotatable bonds is 3. The molecule has 2 aromatic rings. The first kappa shape index (κ1) is 19.4. The number of hydrogen-bond acceptors (Lipinski definition) is 3. The molecule has 138 valence electrons. The summed E-state index contributed by atoms with van der Waals surface area (Å²) in [6.07, 6.45) is 0. The molecule has 0 radical (unpaired) electrons. The van der Waals surface area contributed by atoms with E-state index in [1.807, 2.05) is 23.1 Å². The van der Waals surface area contributed by atoms with Crippen LogP contribution in [0.5, 0.6) is 0 Å². The van der Waals surface area contributed by atoms with Crippen molar-refractivity contribution in [2.75, 3.05) is 31.5 Å². The second-order valence-corrected chi connectivity index (χ2v) is 8.92. The SMILES string of the molecule is O=S(=O)(c1ccc(Cl)cc1)N1CCN(C(=S)Nc2ccccc2Cl)CC1. The quantitative estimate of drug-likeness (QED) is 0.753. The minimum atomic E-state index is -3.53. The van der Waals surface area contributed by atoms with E-state index in [1.54, 1.807) is 18.2 Å². The van der Waals surface area contributed by atoms with Crippen molar-refractivity contribution in [1.29, 1.82) is 0 Å². The van der Waals surface area contributed by atoms with E-state index in [1.165, 1.54) is 16.4 Å². The van der Waals surface area contributed by atoms with Crippen molar-refractivity contribution in [2.24, 2.45) is 0 Å². The van der Waals surface area contributed by atoms with E-state index in [0.29, 0.717) is 41.3 Å². The van der Waals surface area contributed by atoms with Crippen LogP contribution in [0.25, 0.3) is 0 Å². The number of nitrogens with one attached hydrogen (secondary N) is 1. The molecule has 9 heteroatoms. The summed E-state index contributed by atoms with van der Waals surface area (Å²) in [7, 11) is -3.53. The van der Waals surface area contributed by atoms with Crippen LogP contribution in [0.15, 0.2) is 53.4 Å². The zero-order valence-electron chi connectivity index (χ0n) is 13.7. The standard InChI is InChI=1S/C17H17Cl2N3O2S2/c18-13-5-7-14(8-6-13)26(23,24)22-11-9-21(10-12-22)17(25)20-16-4-2-1-3-15(16)19/h1-8H,9-12H2,(H,20,25). The molecule has 0 atom stereocenters. The van der Waals surface area contributed by atoms with Gasteiger partial charge in [-0.25, -0.2) is 8.42 Å². The van der Waals surface area contributed by atoms with Crippen molar-refractivity contribution in [1.82, 2.24) is 9.21 Å². The van der Waals surface area contributed by atoms with Crippen LogP contribution in [-0.2, 0) is 10.0 Å². The first-order chi connectivity index (χ1) is 12.4. The van der Waals surface area contributed by atoms with Crippen LogP contribution in [-0.4, -0.2) is 48.9 Å². The van der Waals surface area contributed by atoms with Gasteiger partial charge < -0.3 is 10.2 Å². The van der Waals surface area contributed by atoms with Gasteiger partial charge in [-0.1, -0.05) is 35.3 Å². The van der Waals surface area contributed by atoms with Gasteiger partial charge in [0.1, 0.15) is 0 Å². The molecule has 0 unspecified atom stereocenters. The highest BCUT2D eigenvalue weighted by Crippen LogP contribution is 2.22. The van der Waals surface area contributed by atoms with Gasteiger partial charge in [-0.15, -0.1) is 0 Å². The Labute approximate surface area is 168 Å². The predicted molar refractivity (Wildman–Crippen MR) is 109 cm³/mol. The van der Waals surface area contributed by atoms with Gasteiger partial charge in [-0.3, -0.25) is 0 Å². The maximum absolute atomic E-state index is 12.7. The first-order valence-corrected chi connectivity index (χ1v) is 10.5. The van der Waals surface area contributed by atoms with Gasteiger partial charge in [-0.2, -0.15) is 4.31 Å². The van der Waals surface area contributed by atoms with Gasteiger partial charge in [0.2, 0.25) is 10.0 Å². The third kappa shape index (κ3) is 4.29. The van der Waals surface area contributed by atoms with Crippen molar-refractivity contribution in [2.45, 2.75) is 4.90 Å². The molecule has 3 rings (SSSR count). The molecule has 0 amide bonds. The summed E-state index contributed by atoms with van der Waals surface area (Å²) in [6, 6.07) is 13.5. The fourth-order valence-corrected chi connectivity index (χ4v) is 4.67. The number of nitrogens with zero attached hydrogens (tertiary/aromatic N) is 2. The second-order valence-electron chi connectivity index (χ2n) is 5.76. The number of anilines is 1. The van der Waals surface area contributed by atoms with Crippen molar-refractivity contribution in [3.63, 3.8) is 0 Å². The fraction of sp³-hybridized carbons (Fsp3) is 0.235. The highest BCUT2D eigenvalue weighted by molar-refractivity contribution is 7.89. The zero-order valence-corrected chi connectivity index (χ0v) is 16.9. The lowest BCUT2D eigenvalue weighted by molar-refractivity contribution is 0.268. The predicted octanol–water partition coefficient (Wildman–Crippen LogP) is 3.70. The molecule has 1 saturated heterocycles. The molecule has 0 aliphatic carbocycles. The van der Waals surface area contributed by atoms with E-state index in [9.17, 15) is 8.42 Å². The van der Waals surface area contributed by atoms with Crippen molar-refractivity contribution < 1.29 is 8.42 Å². The van der Waals surface area contributed by atoms with Crippen LogP contribution in [0.1, 0.15) is 0 Å². The first-order valence-electron chi connectivity index (χ1n) is 7.94. The zero-order chi connectivity index (χ0) is 18.7. The summed E-state index contributed by atoms with van der Waals surface area (Å²) < 4.78 is 26.9. The summed E-state index contributed by atoms with van der Waals surface area (Å²) in [5, 5.41) is 4.73. The third-order valence-electron chi connectivity index (χ3n) is 4.09. The summed E-state index contributed by atoms with van der Waals surface area (Å²) >= 11 is 17.4. The molecule has 1 aliphatic rings. The Balaban J connectivity index is 1.62. The number of piperazine rings is 1. The molecule has 26 heavy (non-hydrogen) atoms. The Morgan fingerprint density at radius 1 is 0.962 bits per heavy atom. The number of halogens is 2. The molecule has 1 heterocycles. The maximum Gasteiger partial charge on any atom is 0.243 e. The molecular weight excluding hydrogens is 413 g/mol. The lowest BCUT2D eigenvalue weighted by Gasteiger charge is -2.35. The summed E-state index contributed by atoms with van der Waals surface area (Å²) in [5.74, 6) is 0. The van der Waals surface area contributed by atoms with Gasteiger partial charge in [0.15, 0.2) is 5.11 Å².